The molecule has 0 unspecified atom stereocenters. The first-order chi connectivity index (χ1) is 4.27. The van der Waals surface area contributed by atoms with Gasteiger partial charge in [0.1, 0.15) is 0 Å². The molecule has 0 aromatic rings. The van der Waals surface area contributed by atoms with Crippen LogP contribution in [-0.4, -0.2) is 11.7 Å². The molecular weight excluding hydrogens is 116 g/mol. The summed E-state index contributed by atoms with van der Waals surface area (Å²) in [5.74, 6) is 0. The maximum absolute atomic E-state index is 8.55. The summed E-state index contributed by atoms with van der Waals surface area (Å²) in [4.78, 5) is 0. The number of hydrogen-bond donors (Lipinski definition) is 1. The van der Waals surface area contributed by atoms with Gasteiger partial charge in [-0.05, 0) is 13.3 Å². The molecule has 0 fully saturated rings. The second kappa shape index (κ2) is 6.05. The van der Waals surface area contributed by atoms with Crippen LogP contribution in [0.3, 0.4) is 0 Å². The molecule has 0 spiro atoms. The minimum Gasteiger partial charge on any atom is -0.362 e. The maximum atomic E-state index is 8.55. The Hall–Kier alpha value is -0.0800. The third-order valence-electron chi connectivity index (χ3n) is 1.06. The first-order valence-electron chi connectivity index (χ1n) is 3.42. The first kappa shape index (κ1) is 8.92. The van der Waals surface area contributed by atoms with E-state index in [0.29, 0.717) is 6.61 Å². The highest BCUT2D eigenvalue weighted by atomic mass is 16.6. The molecule has 0 aromatic carbocycles. The lowest BCUT2D eigenvalue weighted by Crippen LogP contribution is -1.98. The Kier molecular flexibility index (Phi) is 5.99. The zero-order valence-electron chi connectivity index (χ0n) is 6.18. The highest BCUT2D eigenvalue weighted by molar-refractivity contribution is 4.47. The number of unbranched alkanes of at least 4 members (excludes halogenated alkanes) is 2. The van der Waals surface area contributed by atoms with Gasteiger partial charge in [0, 0.05) is 0 Å². The molecule has 1 N–H and O–H groups in total. The number of ether oxygens (including phenoxy) is 1. The van der Waals surface area contributed by atoms with Crippen LogP contribution in [0.1, 0.15) is 33.1 Å². The average Bonchev–Trinajstić information content (AvgIpc) is 1.80. The average molecular weight is 131 g/mol. The molecule has 9 heavy (non-hydrogen) atoms. The van der Waals surface area contributed by atoms with Crippen molar-refractivity contribution in [1.29, 1.82) is 0 Å². The summed E-state index contributed by atoms with van der Waals surface area (Å²) in [6, 6.07) is 0. The van der Waals surface area contributed by atoms with Gasteiger partial charge < -0.3 is 9.84 Å². The molecule has 0 rings (SSSR count). The van der Waals surface area contributed by atoms with E-state index in [0.717, 1.165) is 6.42 Å². The van der Waals surface area contributed by atoms with Crippen molar-refractivity contribution in [2.75, 3.05) is 6.61 Å². The van der Waals surface area contributed by atoms with E-state index in [1.54, 1.807) is 6.92 Å². The number of hydrogen-bond acceptors (Lipinski definition) is 2. The summed E-state index contributed by atoms with van der Waals surface area (Å²) < 4.78 is 4.82. The van der Waals surface area contributed by atoms with E-state index in [1.807, 2.05) is 0 Å². The number of rotatable bonds is 5. The molecule has 1 radical (unpaired) electrons. The fraction of sp³-hybridized carbons (Fsp3) is 0.857. The number of aliphatic hydroxyl groups excluding tert-OH is 1. The Morgan fingerprint density at radius 1 is 1.44 bits per heavy atom. The van der Waals surface area contributed by atoms with Crippen molar-refractivity contribution in [3.8, 4) is 0 Å². The Morgan fingerprint density at radius 2 is 2.11 bits per heavy atom. The lowest BCUT2D eigenvalue weighted by Gasteiger charge is -2.02. The van der Waals surface area contributed by atoms with Crippen LogP contribution in [0.4, 0.5) is 0 Å². The third-order valence-corrected chi connectivity index (χ3v) is 1.06. The van der Waals surface area contributed by atoms with Crippen molar-refractivity contribution >= 4 is 0 Å². The van der Waals surface area contributed by atoms with Crippen molar-refractivity contribution in [3.05, 3.63) is 6.29 Å². The Balaban J connectivity index is 2.75. The summed E-state index contributed by atoms with van der Waals surface area (Å²) in [7, 11) is 0. The summed E-state index contributed by atoms with van der Waals surface area (Å²) in [6.45, 7) is 4.33. The minimum absolute atomic E-state index is 0.0751. The lowest BCUT2D eigenvalue weighted by molar-refractivity contribution is 0.0134. The van der Waals surface area contributed by atoms with E-state index in [9.17, 15) is 0 Å². The van der Waals surface area contributed by atoms with Crippen LogP contribution in [-0.2, 0) is 4.74 Å². The highest BCUT2D eigenvalue weighted by Crippen LogP contribution is 1.98. The fourth-order valence-electron chi connectivity index (χ4n) is 0.572. The minimum atomic E-state index is 0.0751. The van der Waals surface area contributed by atoms with Crippen molar-refractivity contribution in [2.24, 2.45) is 0 Å². The van der Waals surface area contributed by atoms with Crippen LogP contribution in [0.25, 0.3) is 0 Å². The summed E-state index contributed by atoms with van der Waals surface area (Å²) in [5.41, 5.74) is 0. The normalized spacial score (nSPS) is 10.7. The number of aliphatic hydroxyl groups is 1. The molecule has 0 aliphatic carbocycles. The zero-order chi connectivity index (χ0) is 7.11. The molecule has 0 bridgehead atoms. The SMILES string of the molecule is CCCCCO[C](C)O. The third kappa shape index (κ3) is 7.92. The van der Waals surface area contributed by atoms with E-state index in [2.05, 4.69) is 6.92 Å². The lowest BCUT2D eigenvalue weighted by atomic mass is 10.3. The van der Waals surface area contributed by atoms with Crippen LogP contribution in [0, 0.1) is 6.29 Å². The van der Waals surface area contributed by atoms with E-state index in [4.69, 9.17) is 9.84 Å². The van der Waals surface area contributed by atoms with Crippen molar-refractivity contribution in [3.63, 3.8) is 0 Å². The topological polar surface area (TPSA) is 29.5 Å². The Bertz CT molecular complexity index is 52.9. The smallest absolute Gasteiger partial charge is 0.217 e. The van der Waals surface area contributed by atoms with Gasteiger partial charge in [0.2, 0.25) is 6.29 Å². The highest BCUT2D eigenvalue weighted by Gasteiger charge is 1.93. The van der Waals surface area contributed by atoms with Gasteiger partial charge in [-0.25, -0.2) is 0 Å². The largest absolute Gasteiger partial charge is 0.362 e. The molecule has 0 aromatic heterocycles. The second-order valence-electron chi connectivity index (χ2n) is 2.07. The van der Waals surface area contributed by atoms with Gasteiger partial charge in [-0.3, -0.25) is 0 Å². The molecule has 0 aliphatic rings. The van der Waals surface area contributed by atoms with Crippen molar-refractivity contribution in [1.82, 2.24) is 0 Å². The van der Waals surface area contributed by atoms with Gasteiger partial charge >= 0.3 is 0 Å². The van der Waals surface area contributed by atoms with E-state index >= 15 is 0 Å². The van der Waals surface area contributed by atoms with Crippen LogP contribution < -0.4 is 0 Å². The fourth-order valence-corrected chi connectivity index (χ4v) is 0.572. The molecule has 0 saturated heterocycles. The van der Waals surface area contributed by atoms with E-state index in [1.165, 1.54) is 12.8 Å². The summed E-state index contributed by atoms with van der Waals surface area (Å²) in [5, 5.41) is 8.55. The Labute approximate surface area is 56.8 Å². The first-order valence-corrected chi connectivity index (χ1v) is 3.42. The maximum Gasteiger partial charge on any atom is 0.217 e. The molecule has 2 nitrogen and oxygen atoms in total. The van der Waals surface area contributed by atoms with E-state index < -0.39 is 0 Å². The molecule has 0 atom stereocenters. The molecule has 0 heterocycles. The van der Waals surface area contributed by atoms with Gasteiger partial charge in [-0.1, -0.05) is 19.8 Å². The second-order valence-corrected chi connectivity index (χ2v) is 2.07. The van der Waals surface area contributed by atoms with Crippen molar-refractivity contribution < 1.29 is 9.84 Å². The molecule has 0 amide bonds. The Morgan fingerprint density at radius 3 is 2.56 bits per heavy atom. The predicted molar refractivity (Wildman–Crippen MR) is 36.3 cm³/mol. The quantitative estimate of drug-likeness (QED) is 0.579. The van der Waals surface area contributed by atoms with Crippen molar-refractivity contribution in [2.45, 2.75) is 33.1 Å². The van der Waals surface area contributed by atoms with Crippen LogP contribution >= 0.6 is 0 Å². The molecule has 0 saturated carbocycles. The molecule has 0 aliphatic heterocycles. The molecule has 2 heteroatoms. The standard InChI is InChI=1S/C7H15O2/c1-3-4-5-6-9-7(2)8/h8H,3-6H2,1-2H3. The van der Waals surface area contributed by atoms with Gasteiger partial charge in [-0.2, -0.15) is 0 Å². The van der Waals surface area contributed by atoms with Gasteiger partial charge in [-0.15, -0.1) is 0 Å². The van der Waals surface area contributed by atoms with Crippen LogP contribution in [0.5, 0.6) is 0 Å². The van der Waals surface area contributed by atoms with Crippen LogP contribution in [0.2, 0.25) is 0 Å². The zero-order valence-corrected chi connectivity index (χ0v) is 6.18. The van der Waals surface area contributed by atoms with Gasteiger partial charge in [0.25, 0.3) is 0 Å². The van der Waals surface area contributed by atoms with Gasteiger partial charge in [0.15, 0.2) is 0 Å². The monoisotopic (exact) mass is 131 g/mol. The summed E-state index contributed by atoms with van der Waals surface area (Å²) in [6.07, 6.45) is 3.47. The predicted octanol–water partition coefficient (Wildman–Crippen LogP) is 2.08. The van der Waals surface area contributed by atoms with Crippen LogP contribution in [0.15, 0.2) is 0 Å². The molecular formula is C7H15O2. The molecule has 55 valence electrons. The summed E-state index contributed by atoms with van der Waals surface area (Å²) >= 11 is 0. The van der Waals surface area contributed by atoms with Gasteiger partial charge in [0.05, 0.1) is 6.61 Å². The van der Waals surface area contributed by atoms with E-state index in [-0.39, 0.29) is 6.29 Å².